The smallest absolute Gasteiger partial charge is 0.260 e. The molecule has 114 valence electrons. The number of imidazole rings is 1. The second-order valence-electron chi connectivity index (χ2n) is 4.98. The number of hydrogen-bond acceptors (Lipinski definition) is 4. The van der Waals surface area contributed by atoms with Gasteiger partial charge in [-0.1, -0.05) is 13.3 Å². The molecule has 0 unspecified atom stereocenters. The van der Waals surface area contributed by atoms with Crippen molar-refractivity contribution in [2.75, 3.05) is 20.2 Å². The third-order valence-corrected chi connectivity index (χ3v) is 3.41. The number of amides is 1. The number of ether oxygens (including phenoxy) is 1. The molecule has 6 nitrogen and oxygen atoms in total. The molecule has 2 aromatic rings. The van der Waals surface area contributed by atoms with E-state index >= 15 is 0 Å². The Labute approximate surface area is 124 Å². The number of carbonyl (C=O) groups is 1. The summed E-state index contributed by atoms with van der Waals surface area (Å²) in [5.74, 6) is 0.561. The monoisotopic (exact) mass is 290 g/mol. The van der Waals surface area contributed by atoms with Crippen LogP contribution in [0.1, 0.15) is 25.5 Å². The molecular weight excluding hydrogens is 268 g/mol. The fraction of sp³-hybridized carbons (Fsp3) is 0.467. The Morgan fingerprint density at radius 3 is 3.05 bits per heavy atom. The van der Waals surface area contributed by atoms with Crippen LogP contribution < -0.4 is 10.5 Å². The van der Waals surface area contributed by atoms with E-state index in [-0.39, 0.29) is 12.5 Å². The number of aromatic nitrogens is 2. The number of carbonyl (C=O) groups excluding carboxylic acids is 1. The van der Waals surface area contributed by atoms with E-state index in [2.05, 4.69) is 11.9 Å². The first-order valence-electron chi connectivity index (χ1n) is 7.19. The zero-order valence-electron chi connectivity index (χ0n) is 12.6. The largest absolute Gasteiger partial charge is 0.480 e. The molecule has 0 aliphatic heterocycles. The maximum atomic E-state index is 12.0. The number of fused-ring (bicyclic) bond motifs is 1. The summed E-state index contributed by atoms with van der Waals surface area (Å²) < 4.78 is 7.50. The van der Waals surface area contributed by atoms with E-state index in [0.717, 1.165) is 25.1 Å². The second kappa shape index (κ2) is 7.08. The third kappa shape index (κ3) is 3.52. The number of unbranched alkanes of at least 4 members (excludes halogenated alkanes) is 1. The summed E-state index contributed by atoms with van der Waals surface area (Å²) >= 11 is 0. The van der Waals surface area contributed by atoms with Crippen LogP contribution in [0.25, 0.3) is 5.65 Å². The van der Waals surface area contributed by atoms with E-state index in [1.54, 1.807) is 18.1 Å². The lowest BCUT2D eigenvalue weighted by Crippen LogP contribution is -2.32. The first-order chi connectivity index (χ1) is 10.2. The molecule has 0 aliphatic rings. The van der Waals surface area contributed by atoms with Crippen molar-refractivity contribution in [2.24, 2.45) is 5.73 Å². The minimum atomic E-state index is -0.0314. The van der Waals surface area contributed by atoms with Crippen molar-refractivity contribution in [1.82, 2.24) is 14.3 Å². The van der Waals surface area contributed by atoms with E-state index in [0.29, 0.717) is 17.9 Å². The normalized spacial score (nSPS) is 10.8. The quantitative estimate of drug-likeness (QED) is 0.837. The Morgan fingerprint density at radius 2 is 2.33 bits per heavy atom. The van der Waals surface area contributed by atoms with Gasteiger partial charge in [-0.25, -0.2) is 4.98 Å². The zero-order valence-corrected chi connectivity index (χ0v) is 12.6. The summed E-state index contributed by atoms with van der Waals surface area (Å²) in [4.78, 5) is 18.0. The van der Waals surface area contributed by atoms with Gasteiger partial charge in [0.25, 0.3) is 5.91 Å². The first kappa shape index (κ1) is 15.3. The van der Waals surface area contributed by atoms with Gasteiger partial charge in [0.1, 0.15) is 0 Å². The molecule has 0 saturated heterocycles. The summed E-state index contributed by atoms with van der Waals surface area (Å²) in [5, 5.41) is 0. The molecule has 0 atom stereocenters. The predicted molar refractivity (Wildman–Crippen MR) is 81.1 cm³/mol. The van der Waals surface area contributed by atoms with Crippen molar-refractivity contribution < 1.29 is 9.53 Å². The van der Waals surface area contributed by atoms with Gasteiger partial charge in [0.15, 0.2) is 18.0 Å². The van der Waals surface area contributed by atoms with Crippen LogP contribution in [-0.4, -0.2) is 40.4 Å². The molecule has 0 fully saturated rings. The summed E-state index contributed by atoms with van der Waals surface area (Å²) in [6.07, 6.45) is 5.66. The van der Waals surface area contributed by atoms with Gasteiger partial charge in [-0.15, -0.1) is 0 Å². The number of pyridine rings is 1. The molecule has 0 radical (unpaired) electrons. The fourth-order valence-corrected chi connectivity index (χ4v) is 2.07. The van der Waals surface area contributed by atoms with Crippen LogP contribution in [-0.2, 0) is 11.3 Å². The van der Waals surface area contributed by atoms with Gasteiger partial charge in [0.2, 0.25) is 0 Å². The van der Waals surface area contributed by atoms with Crippen LogP contribution in [0.15, 0.2) is 24.5 Å². The molecular formula is C15H22N4O2. The van der Waals surface area contributed by atoms with E-state index < -0.39 is 0 Å². The van der Waals surface area contributed by atoms with Crippen molar-refractivity contribution in [3.05, 3.63) is 30.2 Å². The lowest BCUT2D eigenvalue weighted by molar-refractivity contribution is -0.132. The average molecular weight is 290 g/mol. The van der Waals surface area contributed by atoms with Crippen LogP contribution >= 0.6 is 0 Å². The van der Waals surface area contributed by atoms with E-state index in [4.69, 9.17) is 10.5 Å². The Bertz CT molecular complexity index is 609. The third-order valence-electron chi connectivity index (χ3n) is 3.41. The Morgan fingerprint density at radius 1 is 1.52 bits per heavy atom. The number of nitrogens with two attached hydrogens (primary N) is 1. The Balaban J connectivity index is 2.03. The maximum Gasteiger partial charge on any atom is 0.260 e. The zero-order chi connectivity index (χ0) is 15.2. The summed E-state index contributed by atoms with van der Waals surface area (Å²) in [6.45, 7) is 3.28. The van der Waals surface area contributed by atoms with Crippen molar-refractivity contribution in [3.63, 3.8) is 0 Å². The van der Waals surface area contributed by atoms with Crippen LogP contribution in [0, 0.1) is 0 Å². The minimum absolute atomic E-state index is 0.0186. The van der Waals surface area contributed by atoms with Crippen molar-refractivity contribution in [1.29, 1.82) is 0 Å². The first-order valence-corrected chi connectivity index (χ1v) is 7.19. The van der Waals surface area contributed by atoms with Crippen LogP contribution in [0.3, 0.4) is 0 Å². The van der Waals surface area contributed by atoms with Crippen molar-refractivity contribution >= 4 is 11.6 Å². The molecule has 6 heteroatoms. The summed E-state index contributed by atoms with van der Waals surface area (Å²) in [5.41, 5.74) is 7.24. The Kier molecular flexibility index (Phi) is 5.16. The van der Waals surface area contributed by atoms with Crippen LogP contribution in [0.5, 0.6) is 5.75 Å². The lowest BCUT2D eigenvalue weighted by Gasteiger charge is -2.17. The maximum absolute atomic E-state index is 12.0. The predicted octanol–water partition coefficient (Wildman–Crippen LogP) is 1.43. The van der Waals surface area contributed by atoms with Crippen LogP contribution in [0.4, 0.5) is 0 Å². The minimum Gasteiger partial charge on any atom is -0.480 e. The van der Waals surface area contributed by atoms with Gasteiger partial charge in [-0.3, -0.25) is 9.20 Å². The standard InChI is InChI=1S/C15H22N4O2/c1-3-4-7-18(2)14(20)11-21-13-6-5-8-19-12(9-16)10-17-15(13)19/h5-6,8,10H,3-4,7,9,11,16H2,1-2H3. The molecule has 1 amide bonds. The SMILES string of the molecule is CCCCN(C)C(=O)COc1cccn2c(CN)cnc12. The number of hydrogen-bond donors (Lipinski definition) is 1. The van der Waals surface area contributed by atoms with Gasteiger partial charge in [0.05, 0.1) is 11.9 Å². The van der Waals surface area contributed by atoms with Gasteiger partial charge in [0, 0.05) is 26.3 Å². The molecule has 0 aliphatic carbocycles. The number of rotatable bonds is 7. The summed E-state index contributed by atoms with van der Waals surface area (Å²) in [7, 11) is 1.80. The van der Waals surface area contributed by atoms with E-state index in [1.165, 1.54) is 0 Å². The molecule has 2 aromatic heterocycles. The Hall–Kier alpha value is -2.08. The molecule has 0 saturated carbocycles. The molecule has 2 heterocycles. The van der Waals surface area contributed by atoms with Gasteiger partial charge >= 0.3 is 0 Å². The topological polar surface area (TPSA) is 72.9 Å². The highest BCUT2D eigenvalue weighted by atomic mass is 16.5. The lowest BCUT2D eigenvalue weighted by atomic mass is 10.3. The second-order valence-corrected chi connectivity index (χ2v) is 4.98. The average Bonchev–Trinajstić information content (AvgIpc) is 2.93. The highest BCUT2D eigenvalue weighted by molar-refractivity contribution is 5.77. The molecule has 0 spiro atoms. The number of nitrogens with zero attached hydrogens (tertiary/aromatic N) is 3. The highest BCUT2D eigenvalue weighted by Gasteiger charge is 2.12. The van der Waals surface area contributed by atoms with Gasteiger partial charge < -0.3 is 15.4 Å². The molecule has 2 rings (SSSR count). The van der Waals surface area contributed by atoms with Crippen LogP contribution in [0.2, 0.25) is 0 Å². The molecule has 0 bridgehead atoms. The molecule has 21 heavy (non-hydrogen) atoms. The summed E-state index contributed by atoms with van der Waals surface area (Å²) in [6, 6.07) is 3.66. The highest BCUT2D eigenvalue weighted by Crippen LogP contribution is 2.19. The molecule has 0 aromatic carbocycles. The van der Waals surface area contributed by atoms with Gasteiger partial charge in [-0.2, -0.15) is 0 Å². The van der Waals surface area contributed by atoms with Crippen molar-refractivity contribution in [2.45, 2.75) is 26.3 Å². The molecule has 2 N–H and O–H groups in total. The van der Waals surface area contributed by atoms with Gasteiger partial charge in [-0.05, 0) is 18.6 Å². The van der Waals surface area contributed by atoms with Crippen molar-refractivity contribution in [3.8, 4) is 5.75 Å². The van der Waals surface area contributed by atoms with E-state index in [1.807, 2.05) is 22.7 Å². The van der Waals surface area contributed by atoms with E-state index in [9.17, 15) is 4.79 Å². The fourth-order valence-electron chi connectivity index (χ4n) is 2.07. The number of likely N-dealkylation sites (N-methyl/N-ethyl adjacent to an activating group) is 1.